The van der Waals surface area contributed by atoms with Crippen LogP contribution in [-0.4, -0.2) is 0 Å². The van der Waals surface area contributed by atoms with Crippen LogP contribution in [0.1, 0.15) is 68.7 Å². The topological polar surface area (TPSA) is 0 Å². The fourth-order valence-corrected chi connectivity index (χ4v) is 0.653. The first-order chi connectivity index (χ1) is 6.22. The molecule has 0 aromatic rings. The van der Waals surface area contributed by atoms with Crippen molar-refractivity contribution in [3.8, 4) is 0 Å². The van der Waals surface area contributed by atoms with Gasteiger partial charge in [-0.15, -0.1) is 0 Å². The van der Waals surface area contributed by atoms with Crippen LogP contribution in [0, 0.1) is 0 Å². The van der Waals surface area contributed by atoms with Crippen molar-refractivity contribution in [2.45, 2.75) is 68.7 Å². The van der Waals surface area contributed by atoms with Crippen molar-refractivity contribution in [2.75, 3.05) is 0 Å². The van der Waals surface area contributed by atoms with Gasteiger partial charge in [-0.1, -0.05) is 72.3 Å². The maximum absolute atomic E-state index is 2.21. The summed E-state index contributed by atoms with van der Waals surface area (Å²) < 4.78 is 0. The van der Waals surface area contributed by atoms with Crippen LogP contribution in [0.25, 0.3) is 0 Å². The summed E-state index contributed by atoms with van der Waals surface area (Å²) in [6, 6.07) is 0. The van der Waals surface area contributed by atoms with E-state index in [1.807, 2.05) is 20.8 Å². The zero-order chi connectivity index (χ0) is 11.1. The molecule has 0 amide bonds. The van der Waals surface area contributed by atoms with Crippen molar-refractivity contribution in [1.29, 1.82) is 0 Å². The minimum absolute atomic E-state index is 0. The lowest BCUT2D eigenvalue weighted by atomic mass is 10.2. The lowest BCUT2D eigenvalue weighted by molar-refractivity contribution is 1.09. The highest BCUT2D eigenvalue weighted by Gasteiger charge is 1.74. The standard InChI is InChI=1S/C8H14.C3H8.C2H6.CH4/c1-4-6-8(3)7-5-2;1-3-2;1-2;/h4,6-7H,5H2,1-3H3;3H2,1-2H3;1-2H3;1H4/b6-4-,8-7-;;;. The van der Waals surface area contributed by atoms with Gasteiger partial charge < -0.3 is 0 Å². The summed E-state index contributed by atoms with van der Waals surface area (Å²) in [7, 11) is 0. The van der Waals surface area contributed by atoms with Crippen LogP contribution >= 0.6 is 0 Å². The third-order valence-electron chi connectivity index (χ3n) is 0.956. The molecule has 0 aliphatic carbocycles. The fourth-order valence-electron chi connectivity index (χ4n) is 0.653. The maximum atomic E-state index is 2.21. The zero-order valence-electron chi connectivity index (χ0n) is 10.6. The predicted octanol–water partition coefficient (Wildman–Crippen LogP) is 6.00. The largest absolute Gasteiger partial charge is 0.0874 e. The van der Waals surface area contributed by atoms with Crippen molar-refractivity contribution in [3.05, 3.63) is 23.8 Å². The number of hydrogen-bond donors (Lipinski definition) is 0. The molecule has 0 aliphatic rings. The summed E-state index contributed by atoms with van der Waals surface area (Å²) in [6.45, 7) is 14.5. The molecule has 88 valence electrons. The average molecular weight is 200 g/mol. The van der Waals surface area contributed by atoms with E-state index in [2.05, 4.69) is 45.9 Å². The van der Waals surface area contributed by atoms with Crippen molar-refractivity contribution in [3.63, 3.8) is 0 Å². The molecule has 0 bridgehead atoms. The highest BCUT2D eigenvalue weighted by Crippen LogP contribution is 1.95. The molecule has 0 fully saturated rings. The monoisotopic (exact) mass is 200 g/mol. The first-order valence-corrected chi connectivity index (χ1v) is 5.52. The zero-order valence-corrected chi connectivity index (χ0v) is 10.6. The molecule has 0 nitrogen and oxygen atoms in total. The van der Waals surface area contributed by atoms with Gasteiger partial charge in [0.2, 0.25) is 0 Å². The van der Waals surface area contributed by atoms with Crippen LogP contribution < -0.4 is 0 Å². The Hall–Kier alpha value is -0.520. The lowest BCUT2D eigenvalue weighted by Crippen LogP contribution is -1.64. The number of allylic oxidation sites excluding steroid dienone is 4. The Morgan fingerprint density at radius 2 is 1.43 bits per heavy atom. The molecule has 0 aromatic heterocycles. The van der Waals surface area contributed by atoms with Gasteiger partial charge in [0.05, 0.1) is 0 Å². The summed E-state index contributed by atoms with van der Waals surface area (Å²) in [5.41, 5.74) is 1.36. The molecule has 0 rings (SSSR count). The molecular weight excluding hydrogens is 168 g/mol. The van der Waals surface area contributed by atoms with Gasteiger partial charge in [0.15, 0.2) is 0 Å². The first-order valence-electron chi connectivity index (χ1n) is 5.52. The molecule has 0 saturated carbocycles. The Morgan fingerprint density at radius 3 is 1.64 bits per heavy atom. The smallest absolute Gasteiger partial charge is 0.0374 e. The quantitative estimate of drug-likeness (QED) is 0.480. The Morgan fingerprint density at radius 1 is 1.07 bits per heavy atom. The normalized spacial score (nSPS) is 9.21. The van der Waals surface area contributed by atoms with Gasteiger partial charge in [0.25, 0.3) is 0 Å². The van der Waals surface area contributed by atoms with Crippen LogP contribution in [0.2, 0.25) is 0 Å². The molecule has 0 heterocycles. The molecule has 0 radical (unpaired) electrons. The Labute approximate surface area is 93.1 Å². The third kappa shape index (κ3) is 42.0. The van der Waals surface area contributed by atoms with E-state index in [0.717, 1.165) is 6.42 Å². The molecule has 0 aliphatic heterocycles. The SMILES string of the molecule is C.C/C=C\C(C)=C/CC.CC.CCC. The van der Waals surface area contributed by atoms with Gasteiger partial charge in [0, 0.05) is 0 Å². The van der Waals surface area contributed by atoms with Gasteiger partial charge >= 0.3 is 0 Å². The van der Waals surface area contributed by atoms with Gasteiger partial charge in [0.1, 0.15) is 0 Å². The van der Waals surface area contributed by atoms with Crippen molar-refractivity contribution in [2.24, 2.45) is 0 Å². The van der Waals surface area contributed by atoms with E-state index in [0.29, 0.717) is 0 Å². The minimum atomic E-state index is 0. The molecule has 0 saturated heterocycles. The highest BCUT2D eigenvalue weighted by molar-refractivity contribution is 5.14. The highest BCUT2D eigenvalue weighted by atomic mass is 13.8. The summed E-state index contributed by atoms with van der Waals surface area (Å²) in [5.74, 6) is 0. The predicted molar refractivity (Wildman–Crippen MR) is 72.9 cm³/mol. The van der Waals surface area contributed by atoms with E-state index in [-0.39, 0.29) is 7.43 Å². The van der Waals surface area contributed by atoms with Crippen molar-refractivity contribution >= 4 is 0 Å². The summed E-state index contributed by atoms with van der Waals surface area (Å²) in [5, 5.41) is 0. The van der Waals surface area contributed by atoms with Crippen LogP contribution in [0.15, 0.2) is 23.8 Å². The average Bonchev–Trinajstić information content (AvgIpc) is 2.10. The first kappa shape index (κ1) is 23.4. The van der Waals surface area contributed by atoms with E-state index in [1.165, 1.54) is 12.0 Å². The van der Waals surface area contributed by atoms with Gasteiger partial charge in [-0.3, -0.25) is 0 Å². The second kappa shape index (κ2) is 29.4. The van der Waals surface area contributed by atoms with E-state index >= 15 is 0 Å². The second-order valence-corrected chi connectivity index (χ2v) is 2.56. The summed E-state index contributed by atoms with van der Waals surface area (Å²) in [6.07, 6.45) is 8.77. The van der Waals surface area contributed by atoms with Gasteiger partial charge in [-0.05, 0) is 20.3 Å². The molecule has 0 heteroatoms. The van der Waals surface area contributed by atoms with E-state index < -0.39 is 0 Å². The van der Waals surface area contributed by atoms with Crippen LogP contribution in [0.4, 0.5) is 0 Å². The van der Waals surface area contributed by atoms with E-state index in [1.54, 1.807) is 0 Å². The molecule has 0 spiro atoms. The summed E-state index contributed by atoms with van der Waals surface area (Å²) in [4.78, 5) is 0. The Balaban J connectivity index is -0.0000000716. The lowest BCUT2D eigenvalue weighted by Gasteiger charge is -1.85. The summed E-state index contributed by atoms with van der Waals surface area (Å²) >= 11 is 0. The van der Waals surface area contributed by atoms with E-state index in [4.69, 9.17) is 0 Å². The molecule has 14 heavy (non-hydrogen) atoms. The third-order valence-corrected chi connectivity index (χ3v) is 0.956. The van der Waals surface area contributed by atoms with E-state index in [9.17, 15) is 0 Å². The maximum Gasteiger partial charge on any atom is -0.0374 e. The van der Waals surface area contributed by atoms with Gasteiger partial charge in [-0.25, -0.2) is 0 Å². The molecule has 0 atom stereocenters. The minimum Gasteiger partial charge on any atom is -0.0874 e. The number of hydrogen-bond acceptors (Lipinski definition) is 0. The van der Waals surface area contributed by atoms with Crippen LogP contribution in [0.5, 0.6) is 0 Å². The fraction of sp³-hybridized carbons (Fsp3) is 0.714. The van der Waals surface area contributed by atoms with Crippen LogP contribution in [0.3, 0.4) is 0 Å². The second-order valence-electron chi connectivity index (χ2n) is 2.56. The van der Waals surface area contributed by atoms with Crippen LogP contribution in [-0.2, 0) is 0 Å². The molecule has 0 unspecified atom stereocenters. The number of rotatable bonds is 2. The molecular formula is C14H32. The van der Waals surface area contributed by atoms with Crippen molar-refractivity contribution in [1.82, 2.24) is 0 Å². The molecule has 0 aromatic carbocycles. The Kier molecular flexibility index (Phi) is 49.1. The van der Waals surface area contributed by atoms with Gasteiger partial charge in [-0.2, -0.15) is 0 Å². The molecule has 0 N–H and O–H groups in total. The van der Waals surface area contributed by atoms with Crippen molar-refractivity contribution < 1.29 is 0 Å². The Bertz CT molecular complexity index is 107.